The van der Waals surface area contributed by atoms with Gasteiger partial charge in [0.1, 0.15) is 11.4 Å². The Morgan fingerprint density at radius 2 is 0.826 bits per heavy atom. The van der Waals surface area contributed by atoms with Gasteiger partial charge in [-0.3, -0.25) is 9.44 Å². The Balaban J connectivity index is 2.30. The van der Waals surface area contributed by atoms with Gasteiger partial charge in [-0.25, -0.2) is 16.8 Å². The minimum atomic E-state index is -4.20. The van der Waals surface area contributed by atoms with Gasteiger partial charge in [-0.15, -0.1) is 10.2 Å². The van der Waals surface area contributed by atoms with Crippen molar-refractivity contribution in [1.82, 2.24) is 0 Å². The van der Waals surface area contributed by atoms with Gasteiger partial charge >= 0.3 is 15.5 Å². The molecule has 0 aliphatic carbocycles. The lowest BCUT2D eigenvalue weighted by Gasteiger charge is -2.16. The van der Waals surface area contributed by atoms with Crippen LogP contribution < -0.4 is 9.44 Å². The van der Waals surface area contributed by atoms with Gasteiger partial charge < -0.3 is 27.1 Å². The van der Waals surface area contributed by atoms with Gasteiger partial charge in [0.25, 0.3) is 20.0 Å². The summed E-state index contributed by atoms with van der Waals surface area (Å²) < 4.78 is 89.1. The summed E-state index contributed by atoms with van der Waals surface area (Å²) in [5, 5.41) is 15.5. The van der Waals surface area contributed by atoms with Crippen molar-refractivity contribution in [2.75, 3.05) is 52.1 Å². The molecule has 0 aromatic heterocycles. The lowest BCUT2D eigenvalue weighted by molar-refractivity contribution is 0.222. The molecule has 0 spiro atoms. The summed E-state index contributed by atoms with van der Waals surface area (Å²) in [6.07, 6.45) is 0. The van der Waals surface area contributed by atoms with Crippen molar-refractivity contribution in [1.29, 1.82) is 0 Å². The molecule has 0 bridgehead atoms. The van der Waals surface area contributed by atoms with Gasteiger partial charge in [0.2, 0.25) is 0 Å². The predicted octanol–water partition coefficient (Wildman–Crippen LogP) is 7.06. The average molecular weight is 719 g/mol. The number of sulfonamides is 2. The van der Waals surface area contributed by atoms with Crippen molar-refractivity contribution >= 4 is 58.3 Å². The molecule has 0 atom stereocenters. The van der Waals surface area contributed by atoms with Gasteiger partial charge in [-0.1, -0.05) is 46.1 Å². The normalized spacial score (nSPS) is 12.8. The first-order chi connectivity index (χ1) is 21.9. The van der Waals surface area contributed by atoms with Crippen LogP contribution >= 0.6 is 15.5 Å². The molecule has 18 nitrogen and oxygen atoms in total. The Labute approximate surface area is 266 Å². The zero-order chi connectivity index (χ0) is 33.8. The van der Waals surface area contributed by atoms with Crippen LogP contribution in [0.1, 0.15) is 0 Å². The second-order valence-corrected chi connectivity index (χ2v) is 16.1. The molecule has 22 heteroatoms. The van der Waals surface area contributed by atoms with Crippen molar-refractivity contribution in [2.24, 2.45) is 30.4 Å². The van der Waals surface area contributed by atoms with Crippen molar-refractivity contribution in [2.45, 2.75) is 9.79 Å². The first kappa shape index (κ1) is 37.0. The SMILES string of the molecule is COP(=NN=Nc1cc(NS(=O)(=O)c2ccccc2)c(N=NN=P(OC)(OC)OC)cc1NS(=O)(=O)c1ccccc1)(OC)OC. The minimum absolute atomic E-state index is 0.0763. The average Bonchev–Trinajstić information content (AvgIpc) is 3.07. The highest BCUT2D eigenvalue weighted by Gasteiger charge is 2.23. The van der Waals surface area contributed by atoms with Gasteiger partial charge in [-0.2, -0.15) is 0 Å². The Morgan fingerprint density at radius 3 is 1.11 bits per heavy atom. The van der Waals surface area contributed by atoms with E-state index < -0.39 is 35.5 Å². The Kier molecular flexibility index (Phi) is 13.2. The van der Waals surface area contributed by atoms with E-state index in [2.05, 4.69) is 39.8 Å². The molecule has 0 unspecified atom stereocenters. The fourth-order valence-corrected chi connectivity index (χ4v) is 7.19. The van der Waals surface area contributed by atoms with Crippen LogP contribution in [0.5, 0.6) is 0 Å². The summed E-state index contributed by atoms with van der Waals surface area (Å²) in [6.45, 7) is 0. The molecule has 0 heterocycles. The first-order valence-corrected chi connectivity index (χ1v) is 18.6. The van der Waals surface area contributed by atoms with Crippen LogP contribution in [-0.2, 0) is 47.2 Å². The zero-order valence-corrected chi connectivity index (χ0v) is 28.8. The van der Waals surface area contributed by atoms with E-state index in [-0.39, 0.29) is 32.5 Å². The maximum absolute atomic E-state index is 13.3. The third kappa shape index (κ3) is 9.32. The highest BCUT2D eigenvalue weighted by Crippen LogP contribution is 2.52. The third-order valence-corrected chi connectivity index (χ3v) is 11.8. The van der Waals surface area contributed by atoms with Gasteiger partial charge in [0, 0.05) is 42.7 Å². The van der Waals surface area contributed by atoms with Crippen LogP contribution in [0.15, 0.2) is 113 Å². The standard InChI is InChI=1S/C24H32N8O10P2S2/c1-37-43(38-2,39-3)31-29-25-21-17-24(28-46(35,36)20-15-11-8-12-16-20)22(26-30-32-44(40-4,41-5)42-6)18-23(21)27-45(33,34)19-13-9-7-10-14-19/h7-18,27-28H,1-6H3. The Morgan fingerprint density at radius 1 is 0.522 bits per heavy atom. The summed E-state index contributed by atoms with van der Waals surface area (Å²) in [7, 11) is -7.25. The number of hydrogen-bond acceptors (Lipinski definition) is 12. The van der Waals surface area contributed by atoms with Crippen LogP contribution in [-0.4, -0.2) is 59.5 Å². The molecule has 2 N–H and O–H groups in total. The maximum atomic E-state index is 13.3. The molecule has 0 fully saturated rings. The van der Waals surface area contributed by atoms with E-state index in [4.69, 9.17) is 27.1 Å². The topological polar surface area (TPSA) is 222 Å². The molecule has 3 rings (SSSR count). The summed E-state index contributed by atoms with van der Waals surface area (Å²) in [5.74, 6) is 0. The minimum Gasteiger partial charge on any atom is -0.305 e. The second-order valence-electron chi connectivity index (χ2n) is 8.31. The highest BCUT2D eigenvalue weighted by molar-refractivity contribution is 7.93. The van der Waals surface area contributed by atoms with Crippen molar-refractivity contribution in [3.63, 3.8) is 0 Å². The Bertz CT molecular complexity index is 1700. The van der Waals surface area contributed by atoms with Crippen LogP contribution in [0.25, 0.3) is 0 Å². The third-order valence-electron chi connectivity index (χ3n) is 5.70. The Hall–Kier alpha value is -3.42. The molecule has 0 saturated heterocycles. The van der Waals surface area contributed by atoms with Crippen molar-refractivity contribution < 1.29 is 44.0 Å². The lowest BCUT2D eigenvalue weighted by atomic mass is 10.2. The zero-order valence-electron chi connectivity index (χ0n) is 25.4. The van der Waals surface area contributed by atoms with E-state index in [1.165, 1.54) is 91.2 Å². The molecular weight excluding hydrogens is 686 g/mol. The first-order valence-electron chi connectivity index (χ1n) is 12.7. The van der Waals surface area contributed by atoms with E-state index in [9.17, 15) is 16.8 Å². The summed E-state index contributed by atoms with van der Waals surface area (Å²) >= 11 is 0. The number of benzene rings is 3. The smallest absolute Gasteiger partial charge is 0.305 e. The van der Waals surface area contributed by atoms with Gasteiger partial charge in [-0.05, 0) is 46.8 Å². The maximum Gasteiger partial charge on any atom is 0.379 e. The van der Waals surface area contributed by atoms with E-state index in [0.29, 0.717) is 0 Å². The molecular formula is C24H32N8O10P2S2. The van der Waals surface area contributed by atoms with Crippen molar-refractivity contribution in [3.05, 3.63) is 72.8 Å². The predicted molar refractivity (Wildman–Crippen MR) is 171 cm³/mol. The highest BCUT2D eigenvalue weighted by atomic mass is 32.2. The molecule has 46 heavy (non-hydrogen) atoms. The van der Waals surface area contributed by atoms with Crippen LogP contribution in [0, 0.1) is 0 Å². The number of rotatable bonds is 16. The fraction of sp³-hybridized carbons (Fsp3) is 0.250. The van der Waals surface area contributed by atoms with Gasteiger partial charge in [0.15, 0.2) is 0 Å². The summed E-state index contributed by atoms with van der Waals surface area (Å²) in [4.78, 5) is 7.59. The lowest BCUT2D eigenvalue weighted by Crippen LogP contribution is -2.14. The summed E-state index contributed by atoms with van der Waals surface area (Å²) in [6, 6.07) is 17.3. The molecule has 3 aromatic rings. The van der Waals surface area contributed by atoms with E-state index in [1.807, 2.05) is 0 Å². The molecule has 3 aromatic carbocycles. The monoisotopic (exact) mass is 718 g/mol. The number of anilines is 2. The van der Waals surface area contributed by atoms with Gasteiger partial charge in [0.05, 0.1) is 21.2 Å². The fourth-order valence-electron chi connectivity index (χ4n) is 3.41. The quantitative estimate of drug-likeness (QED) is 0.0872. The molecule has 0 radical (unpaired) electrons. The van der Waals surface area contributed by atoms with Crippen LogP contribution in [0.4, 0.5) is 22.7 Å². The summed E-state index contributed by atoms with van der Waals surface area (Å²) in [5.41, 5.74) is -0.776. The second kappa shape index (κ2) is 16.4. The molecule has 0 aliphatic rings. The van der Waals surface area contributed by atoms with Crippen LogP contribution in [0.2, 0.25) is 0 Å². The van der Waals surface area contributed by atoms with Crippen LogP contribution in [0.3, 0.4) is 0 Å². The van der Waals surface area contributed by atoms with Crippen molar-refractivity contribution in [3.8, 4) is 0 Å². The molecule has 250 valence electrons. The molecule has 0 aliphatic heterocycles. The molecule has 0 saturated carbocycles. The molecule has 0 amide bonds. The largest absolute Gasteiger partial charge is 0.379 e. The van der Waals surface area contributed by atoms with E-state index >= 15 is 0 Å². The number of nitrogens with zero attached hydrogens (tertiary/aromatic N) is 6. The van der Waals surface area contributed by atoms with E-state index in [1.54, 1.807) is 12.1 Å². The van der Waals surface area contributed by atoms with E-state index in [0.717, 1.165) is 12.1 Å². The number of nitrogens with one attached hydrogen (secondary N) is 2. The number of hydrogen-bond donors (Lipinski definition) is 2.